The van der Waals surface area contributed by atoms with Crippen LogP contribution in [0, 0.1) is 27.7 Å². The van der Waals surface area contributed by atoms with E-state index in [9.17, 15) is 8.42 Å². The molecule has 4 aromatic rings. The van der Waals surface area contributed by atoms with Crippen molar-refractivity contribution < 1.29 is 40.3 Å². The van der Waals surface area contributed by atoms with E-state index in [1.165, 1.54) is 16.7 Å². The van der Waals surface area contributed by atoms with Gasteiger partial charge in [0.05, 0.1) is 17.0 Å². The van der Waals surface area contributed by atoms with E-state index in [1.54, 1.807) is 24.3 Å². The molecular weight excluding hydrogens is 589 g/mol. The zero-order valence-electron chi connectivity index (χ0n) is 21.5. The van der Waals surface area contributed by atoms with Crippen molar-refractivity contribution in [3.8, 4) is 0 Å². The number of rotatable bonds is 6. The summed E-state index contributed by atoms with van der Waals surface area (Å²) in [4.78, 5) is 0.226. The summed E-state index contributed by atoms with van der Waals surface area (Å²) < 4.78 is 28.6. The van der Waals surface area contributed by atoms with E-state index < -0.39 is 22.1 Å². The van der Waals surface area contributed by atoms with Crippen molar-refractivity contribution >= 4 is 10.0 Å². The molecule has 0 saturated heterocycles. The quantitative estimate of drug-likeness (QED) is 0.324. The summed E-state index contributed by atoms with van der Waals surface area (Å²) in [5.74, 6) is 0. The van der Waals surface area contributed by atoms with Crippen LogP contribution in [0.1, 0.15) is 45.5 Å². The van der Waals surface area contributed by atoms with Gasteiger partial charge in [0.2, 0.25) is 10.0 Å². The Labute approximate surface area is 240 Å². The van der Waals surface area contributed by atoms with Gasteiger partial charge in [0.1, 0.15) is 0 Å². The number of sulfonamides is 1. The van der Waals surface area contributed by atoms with E-state index in [0.29, 0.717) is 0 Å². The Bertz CT molecular complexity index is 1280. The van der Waals surface area contributed by atoms with Crippen LogP contribution >= 0.6 is 0 Å². The first-order valence-electron chi connectivity index (χ1n) is 11.6. The van der Waals surface area contributed by atoms with Crippen molar-refractivity contribution in [2.75, 3.05) is 0 Å². The Morgan fingerprint density at radius 2 is 1.03 bits per heavy atom. The minimum Gasteiger partial charge on any atom is -1.00 e. The summed E-state index contributed by atoms with van der Waals surface area (Å²) in [6.07, 6.45) is 0. The fourth-order valence-electron chi connectivity index (χ4n) is 4.03. The molecule has 4 rings (SSSR count). The second-order valence-electron chi connectivity index (χ2n) is 8.92. The summed E-state index contributed by atoms with van der Waals surface area (Å²) >= 11 is 0. The van der Waals surface area contributed by atoms with E-state index in [2.05, 4.69) is 43.7 Å². The van der Waals surface area contributed by atoms with Gasteiger partial charge in [-0.05, 0) is 51.0 Å². The Kier molecular flexibility index (Phi) is 13.4. The van der Waals surface area contributed by atoms with Crippen LogP contribution in [0.3, 0.4) is 0 Å². The number of halogens is 1. The van der Waals surface area contributed by atoms with E-state index in [1.807, 2.05) is 67.6 Å². The number of hydrogen-bond donors (Lipinski definition) is 2. The van der Waals surface area contributed by atoms with Gasteiger partial charge in [-0.3, -0.25) is 0 Å². The molecule has 0 aliphatic rings. The number of aryl methyl sites for hydroxylation is 4. The normalized spacial score (nSPS) is 12.1. The van der Waals surface area contributed by atoms with E-state index in [-0.39, 0.29) is 36.8 Å². The van der Waals surface area contributed by atoms with Crippen molar-refractivity contribution in [2.45, 2.75) is 44.7 Å². The Morgan fingerprint density at radius 1 is 0.622 bits per heavy atom. The van der Waals surface area contributed by atoms with Gasteiger partial charge in [-0.2, -0.15) is 0 Å². The van der Waals surface area contributed by atoms with Crippen LogP contribution in [0.4, 0.5) is 0 Å². The van der Waals surface area contributed by atoms with Crippen molar-refractivity contribution in [1.29, 1.82) is 0 Å². The molecule has 7 heteroatoms. The van der Waals surface area contributed by atoms with Crippen molar-refractivity contribution in [3.63, 3.8) is 0 Å². The zero-order chi connectivity index (χ0) is 25.4. The first-order chi connectivity index (χ1) is 16.7. The molecule has 0 aromatic heterocycles. The molecule has 3 N–H and O–H groups in total. The van der Waals surface area contributed by atoms with Crippen LogP contribution in [-0.4, -0.2) is 8.42 Å². The summed E-state index contributed by atoms with van der Waals surface area (Å²) in [6, 6.07) is 31.1. The summed E-state index contributed by atoms with van der Waals surface area (Å²) in [6.45, 7) is 8.29. The Hall–Kier alpha value is -2.34. The number of nitrogens with one attached hydrogen (secondary N) is 1. The third-order valence-electron chi connectivity index (χ3n) is 5.68. The van der Waals surface area contributed by atoms with Crippen LogP contribution in [0.2, 0.25) is 0 Å². The second kappa shape index (κ2) is 15.2. The monoisotopic (exact) mass is 623 g/mol. The van der Waals surface area contributed by atoms with E-state index >= 15 is 0 Å². The minimum atomic E-state index is -3.71. The van der Waals surface area contributed by atoms with E-state index in [4.69, 9.17) is 5.73 Å². The molecule has 0 fully saturated rings. The zero-order valence-corrected chi connectivity index (χ0v) is 24.8. The molecule has 0 bridgehead atoms. The molecule has 0 unspecified atom stereocenters. The molecule has 4 nitrogen and oxygen atoms in total. The van der Waals surface area contributed by atoms with Gasteiger partial charge < -0.3 is 18.1 Å². The summed E-state index contributed by atoms with van der Waals surface area (Å²) in [7, 11) is -3.71. The molecule has 198 valence electrons. The smallest absolute Gasteiger partial charge is 0.241 e. The standard InChI is InChI=1S/C21H22N2O2S.C9H12.ClH.Ru/c1-16-12-14-19(15-13-16)26(24,25)23-21(18-10-6-3-7-11-18)20(22)17-8-4-2-5-9-17;1-7-4-8(2)6-9(3)5-7;;/h2-15,20-21,23H,22H2,1H3;4-6H,1-3H3;1H;/p-1/t20-,21-;;;/m1.../s1. The maximum Gasteiger partial charge on any atom is 0.241 e. The average molecular weight is 623 g/mol. The number of benzene rings is 4. The predicted molar refractivity (Wildman–Crippen MR) is 145 cm³/mol. The molecule has 0 radical (unpaired) electrons. The maximum absolute atomic E-state index is 12.9. The van der Waals surface area contributed by atoms with Gasteiger partial charge in [-0.1, -0.05) is 113 Å². The number of hydrogen-bond acceptors (Lipinski definition) is 3. The molecule has 4 aromatic carbocycles. The topological polar surface area (TPSA) is 72.2 Å². The first-order valence-corrected chi connectivity index (χ1v) is 13.1. The molecule has 0 amide bonds. The van der Waals surface area contributed by atoms with Crippen molar-refractivity contribution in [1.82, 2.24) is 4.72 Å². The molecule has 0 spiro atoms. The SMILES string of the molecule is Cc1cc(C)cc(C)c1.Cc1ccc(S(=O)(=O)N[C@H](c2ccccc2)[C@H](N)c2ccccc2)cc1.[Cl-].[Ru]. The largest absolute Gasteiger partial charge is 1.00 e. The van der Waals surface area contributed by atoms with Crippen molar-refractivity contribution in [2.24, 2.45) is 5.73 Å². The fourth-order valence-corrected chi connectivity index (χ4v) is 5.28. The van der Waals surface area contributed by atoms with E-state index in [0.717, 1.165) is 16.7 Å². The summed E-state index contributed by atoms with van der Waals surface area (Å²) in [5, 5.41) is 0. The van der Waals surface area contributed by atoms with Gasteiger partial charge in [0.25, 0.3) is 0 Å². The molecule has 2 atom stereocenters. The van der Waals surface area contributed by atoms with Gasteiger partial charge >= 0.3 is 0 Å². The summed E-state index contributed by atoms with van der Waals surface area (Å²) in [5.41, 5.74) is 13.2. The average Bonchev–Trinajstić information content (AvgIpc) is 2.83. The predicted octanol–water partition coefficient (Wildman–Crippen LogP) is 3.33. The van der Waals surface area contributed by atoms with Crippen LogP contribution < -0.4 is 22.9 Å². The Morgan fingerprint density at radius 3 is 1.46 bits per heavy atom. The van der Waals surface area contributed by atoms with Crippen LogP contribution in [0.25, 0.3) is 0 Å². The Balaban J connectivity index is 0.000000530. The van der Waals surface area contributed by atoms with Gasteiger partial charge in [0, 0.05) is 19.5 Å². The number of nitrogens with two attached hydrogens (primary N) is 1. The van der Waals surface area contributed by atoms with Gasteiger partial charge in [-0.25, -0.2) is 13.1 Å². The third kappa shape index (κ3) is 9.81. The molecule has 37 heavy (non-hydrogen) atoms. The third-order valence-corrected chi connectivity index (χ3v) is 7.14. The van der Waals surface area contributed by atoms with Crippen LogP contribution in [-0.2, 0) is 29.5 Å². The molecule has 0 aliphatic heterocycles. The molecular formula is C30H34ClN2O2RuS-. The van der Waals surface area contributed by atoms with Crippen molar-refractivity contribution in [3.05, 3.63) is 137 Å². The molecule has 0 aliphatic carbocycles. The van der Waals surface area contributed by atoms with Crippen LogP contribution in [0.5, 0.6) is 0 Å². The van der Waals surface area contributed by atoms with Gasteiger partial charge in [0.15, 0.2) is 0 Å². The molecule has 0 saturated carbocycles. The first kappa shape index (κ1) is 32.7. The van der Waals surface area contributed by atoms with Gasteiger partial charge in [-0.15, -0.1) is 0 Å². The second-order valence-corrected chi connectivity index (χ2v) is 10.6. The molecule has 0 heterocycles. The minimum absolute atomic E-state index is 0. The fraction of sp³-hybridized carbons (Fsp3) is 0.200. The maximum atomic E-state index is 12.9. The van der Waals surface area contributed by atoms with Crippen LogP contribution in [0.15, 0.2) is 108 Å².